The Morgan fingerprint density at radius 1 is 1.73 bits per heavy atom. The van der Waals surface area contributed by atoms with Gasteiger partial charge < -0.3 is 15.5 Å². The van der Waals surface area contributed by atoms with Crippen molar-refractivity contribution in [3.63, 3.8) is 0 Å². The molecule has 0 saturated heterocycles. The molecule has 0 saturated carbocycles. The van der Waals surface area contributed by atoms with Gasteiger partial charge in [0, 0.05) is 13.0 Å². The summed E-state index contributed by atoms with van der Waals surface area (Å²) in [6, 6.07) is 1.58. The number of hydrogen-bond acceptors (Lipinski definition) is 3. The molecule has 1 aromatic heterocycles. The van der Waals surface area contributed by atoms with Crippen molar-refractivity contribution in [2.75, 3.05) is 12.8 Å². The molecule has 0 bridgehead atoms. The molecule has 0 unspecified atom stereocenters. The SMILES string of the molecule is COc1cc(N)[nH]c1C(C)=O. The second-order valence-electron chi connectivity index (χ2n) is 2.22. The maximum atomic E-state index is 10.9. The van der Waals surface area contributed by atoms with Crippen molar-refractivity contribution in [2.45, 2.75) is 6.92 Å². The van der Waals surface area contributed by atoms with Crippen LogP contribution in [0.15, 0.2) is 6.07 Å². The predicted molar refractivity (Wildman–Crippen MR) is 41.8 cm³/mol. The number of H-pyrrole nitrogens is 1. The van der Waals surface area contributed by atoms with Crippen molar-refractivity contribution in [2.24, 2.45) is 0 Å². The lowest BCUT2D eigenvalue weighted by Crippen LogP contribution is -1.96. The first kappa shape index (κ1) is 7.65. The Kier molecular flexibility index (Phi) is 1.85. The molecule has 0 aliphatic rings. The van der Waals surface area contributed by atoms with E-state index >= 15 is 0 Å². The number of nitrogens with two attached hydrogens (primary N) is 1. The van der Waals surface area contributed by atoms with Gasteiger partial charge in [0.1, 0.15) is 17.3 Å². The molecule has 0 atom stereocenters. The van der Waals surface area contributed by atoms with E-state index in [0.29, 0.717) is 17.3 Å². The molecular weight excluding hydrogens is 144 g/mol. The fourth-order valence-corrected chi connectivity index (χ4v) is 0.878. The van der Waals surface area contributed by atoms with Crippen LogP contribution in [-0.2, 0) is 0 Å². The lowest BCUT2D eigenvalue weighted by molar-refractivity contribution is 0.101. The second-order valence-corrected chi connectivity index (χ2v) is 2.22. The summed E-state index contributed by atoms with van der Waals surface area (Å²) in [4.78, 5) is 13.6. The van der Waals surface area contributed by atoms with Crippen LogP contribution in [0.1, 0.15) is 17.4 Å². The standard InChI is InChI=1S/C7H10N2O2/c1-4(10)7-5(11-2)3-6(8)9-7/h3,9H,8H2,1-2H3. The first-order chi connectivity index (χ1) is 5.15. The van der Waals surface area contributed by atoms with E-state index in [1.165, 1.54) is 14.0 Å². The number of rotatable bonds is 2. The maximum Gasteiger partial charge on any atom is 0.179 e. The van der Waals surface area contributed by atoms with Crippen LogP contribution in [0.2, 0.25) is 0 Å². The van der Waals surface area contributed by atoms with E-state index < -0.39 is 0 Å². The zero-order valence-electron chi connectivity index (χ0n) is 6.47. The normalized spacial score (nSPS) is 9.64. The van der Waals surface area contributed by atoms with Gasteiger partial charge in [0.15, 0.2) is 5.78 Å². The van der Waals surface area contributed by atoms with Gasteiger partial charge in [0.25, 0.3) is 0 Å². The summed E-state index contributed by atoms with van der Waals surface area (Å²) < 4.78 is 4.90. The molecule has 0 radical (unpaired) electrons. The van der Waals surface area contributed by atoms with Gasteiger partial charge in [-0.2, -0.15) is 0 Å². The number of carbonyl (C=O) groups excluding carboxylic acids is 1. The number of nitrogens with one attached hydrogen (secondary N) is 1. The molecule has 1 heterocycles. The van der Waals surface area contributed by atoms with E-state index in [1.54, 1.807) is 6.07 Å². The summed E-state index contributed by atoms with van der Waals surface area (Å²) in [6.07, 6.45) is 0. The van der Waals surface area contributed by atoms with Crippen molar-refractivity contribution < 1.29 is 9.53 Å². The van der Waals surface area contributed by atoms with Crippen LogP contribution < -0.4 is 10.5 Å². The summed E-state index contributed by atoms with van der Waals surface area (Å²) in [5.74, 6) is 0.848. The fourth-order valence-electron chi connectivity index (χ4n) is 0.878. The Balaban J connectivity index is 3.12. The molecule has 0 spiro atoms. The average Bonchev–Trinajstić information content (AvgIpc) is 2.30. The first-order valence-electron chi connectivity index (χ1n) is 3.18. The van der Waals surface area contributed by atoms with Crippen LogP contribution in [0, 0.1) is 0 Å². The van der Waals surface area contributed by atoms with Crippen LogP contribution in [0.3, 0.4) is 0 Å². The zero-order valence-corrected chi connectivity index (χ0v) is 6.47. The summed E-state index contributed by atoms with van der Waals surface area (Å²) in [7, 11) is 1.50. The Morgan fingerprint density at radius 3 is 2.73 bits per heavy atom. The Bertz CT molecular complexity index is 278. The van der Waals surface area contributed by atoms with Crippen molar-refractivity contribution >= 4 is 11.6 Å². The molecule has 0 aliphatic carbocycles. The molecule has 0 aliphatic heterocycles. The highest BCUT2D eigenvalue weighted by molar-refractivity contribution is 5.95. The summed E-state index contributed by atoms with van der Waals surface area (Å²) in [5.41, 5.74) is 5.83. The third kappa shape index (κ3) is 1.34. The molecule has 0 aromatic carbocycles. The van der Waals surface area contributed by atoms with Crippen molar-refractivity contribution in [1.82, 2.24) is 4.98 Å². The van der Waals surface area contributed by atoms with E-state index in [2.05, 4.69) is 4.98 Å². The van der Waals surface area contributed by atoms with Gasteiger partial charge in [-0.3, -0.25) is 4.79 Å². The average molecular weight is 154 g/mol. The van der Waals surface area contributed by atoms with Gasteiger partial charge in [-0.05, 0) is 0 Å². The number of methoxy groups -OCH3 is 1. The van der Waals surface area contributed by atoms with E-state index in [9.17, 15) is 4.79 Å². The molecule has 1 aromatic rings. The van der Waals surface area contributed by atoms with E-state index in [0.717, 1.165) is 0 Å². The van der Waals surface area contributed by atoms with Gasteiger partial charge in [-0.25, -0.2) is 0 Å². The van der Waals surface area contributed by atoms with Crippen molar-refractivity contribution in [3.05, 3.63) is 11.8 Å². The summed E-state index contributed by atoms with van der Waals surface area (Å²) in [5, 5.41) is 0. The lowest BCUT2D eigenvalue weighted by Gasteiger charge is -1.95. The van der Waals surface area contributed by atoms with E-state index in [1.807, 2.05) is 0 Å². The zero-order chi connectivity index (χ0) is 8.43. The van der Waals surface area contributed by atoms with Crippen LogP contribution in [0.4, 0.5) is 5.82 Å². The highest BCUT2D eigenvalue weighted by Gasteiger charge is 2.10. The van der Waals surface area contributed by atoms with Crippen molar-refractivity contribution in [1.29, 1.82) is 0 Å². The van der Waals surface area contributed by atoms with Crippen LogP contribution >= 0.6 is 0 Å². The molecule has 3 N–H and O–H groups in total. The van der Waals surface area contributed by atoms with Crippen molar-refractivity contribution in [3.8, 4) is 5.75 Å². The number of Topliss-reactive ketones (excluding diaryl/α,β-unsaturated/α-hetero) is 1. The number of hydrogen-bond donors (Lipinski definition) is 2. The van der Waals surface area contributed by atoms with Gasteiger partial charge >= 0.3 is 0 Å². The highest BCUT2D eigenvalue weighted by atomic mass is 16.5. The molecule has 4 nitrogen and oxygen atoms in total. The smallest absolute Gasteiger partial charge is 0.179 e. The van der Waals surface area contributed by atoms with Crippen LogP contribution in [0.25, 0.3) is 0 Å². The molecular formula is C7H10N2O2. The summed E-state index contributed by atoms with van der Waals surface area (Å²) in [6.45, 7) is 1.45. The minimum absolute atomic E-state index is 0.0847. The minimum atomic E-state index is -0.0847. The molecule has 0 amide bonds. The Morgan fingerprint density at radius 2 is 2.36 bits per heavy atom. The third-order valence-electron chi connectivity index (χ3n) is 1.37. The van der Waals surface area contributed by atoms with Gasteiger partial charge in [-0.1, -0.05) is 0 Å². The molecule has 4 heteroatoms. The molecule has 11 heavy (non-hydrogen) atoms. The van der Waals surface area contributed by atoms with E-state index in [4.69, 9.17) is 10.5 Å². The monoisotopic (exact) mass is 154 g/mol. The fraction of sp³-hybridized carbons (Fsp3) is 0.286. The summed E-state index contributed by atoms with van der Waals surface area (Å²) >= 11 is 0. The Hall–Kier alpha value is -1.45. The minimum Gasteiger partial charge on any atom is -0.494 e. The van der Waals surface area contributed by atoms with Gasteiger partial charge in [0.05, 0.1) is 7.11 Å². The number of carbonyl (C=O) groups is 1. The Labute approximate surface area is 64.4 Å². The largest absolute Gasteiger partial charge is 0.494 e. The van der Waals surface area contributed by atoms with Crippen LogP contribution in [-0.4, -0.2) is 17.9 Å². The topological polar surface area (TPSA) is 68.1 Å². The van der Waals surface area contributed by atoms with Gasteiger partial charge in [-0.15, -0.1) is 0 Å². The quantitative estimate of drug-likeness (QED) is 0.619. The second kappa shape index (κ2) is 2.65. The molecule has 1 rings (SSSR count). The third-order valence-corrected chi connectivity index (χ3v) is 1.37. The number of ketones is 1. The maximum absolute atomic E-state index is 10.9. The number of aromatic amines is 1. The number of nitrogen functional groups attached to an aromatic ring is 1. The van der Waals surface area contributed by atoms with E-state index in [-0.39, 0.29) is 5.78 Å². The number of anilines is 1. The number of aromatic nitrogens is 1. The highest BCUT2D eigenvalue weighted by Crippen LogP contribution is 2.20. The lowest BCUT2D eigenvalue weighted by atomic mass is 10.3. The predicted octanol–water partition coefficient (Wildman–Crippen LogP) is 0.808. The first-order valence-corrected chi connectivity index (χ1v) is 3.18. The molecule has 60 valence electrons. The van der Waals surface area contributed by atoms with Crippen LogP contribution in [0.5, 0.6) is 5.75 Å². The number of ether oxygens (including phenoxy) is 1. The van der Waals surface area contributed by atoms with Gasteiger partial charge in [0.2, 0.25) is 0 Å². The molecule has 0 fully saturated rings.